The number of sulfonamides is 1. The van der Waals surface area contributed by atoms with Crippen LogP contribution < -0.4 is 14.2 Å². The summed E-state index contributed by atoms with van der Waals surface area (Å²) in [6.07, 6.45) is -2.52. The maximum atomic E-state index is 13.5. The molecule has 2 atom stereocenters. The van der Waals surface area contributed by atoms with E-state index in [1.54, 1.807) is 34.6 Å². The molecule has 0 aliphatic rings. The van der Waals surface area contributed by atoms with Crippen molar-refractivity contribution >= 4 is 26.2 Å². The van der Waals surface area contributed by atoms with E-state index in [0.717, 1.165) is 16.4 Å². The molecule has 0 spiro atoms. The number of alkyl halides is 3. The fourth-order valence-electron chi connectivity index (χ4n) is 3.76. The molecular formula is C27H37F3N2O9S2. The van der Waals surface area contributed by atoms with E-state index in [4.69, 9.17) is 9.47 Å². The summed E-state index contributed by atoms with van der Waals surface area (Å²) >= 11 is 0. The van der Waals surface area contributed by atoms with Crippen molar-refractivity contribution in [3.8, 4) is 11.5 Å². The van der Waals surface area contributed by atoms with Crippen LogP contribution in [0.4, 0.5) is 18.0 Å². The highest BCUT2D eigenvalue weighted by atomic mass is 32.2. The second-order valence-corrected chi connectivity index (χ2v) is 14.5. The van der Waals surface area contributed by atoms with Gasteiger partial charge in [-0.15, -0.1) is 0 Å². The van der Waals surface area contributed by atoms with Crippen LogP contribution in [0.3, 0.4) is 0 Å². The highest BCUT2D eigenvalue weighted by molar-refractivity contribution is 7.89. The molecule has 0 saturated carbocycles. The van der Waals surface area contributed by atoms with Gasteiger partial charge in [-0.3, -0.25) is 0 Å². The SMILES string of the molecule is COc1ccc(S(=O)(=O)N(CC(C)C)C[C@@H](O)[C@H](Cc2ccc(OS(=O)(=O)C(F)(F)F)cc2)NC(=O)OC(C)(C)C)cc1. The summed E-state index contributed by atoms with van der Waals surface area (Å²) in [4.78, 5) is 12.6. The summed E-state index contributed by atoms with van der Waals surface area (Å²) < 4.78 is 103. The number of rotatable bonds is 13. The number of aliphatic hydroxyl groups is 1. The molecule has 0 fully saturated rings. The lowest BCUT2D eigenvalue weighted by atomic mass is 10.0. The molecule has 242 valence electrons. The Morgan fingerprint density at radius 3 is 1.93 bits per heavy atom. The number of ether oxygens (including phenoxy) is 2. The number of carbonyl (C=O) groups is 1. The summed E-state index contributed by atoms with van der Waals surface area (Å²) in [5.41, 5.74) is -6.17. The Morgan fingerprint density at radius 1 is 0.930 bits per heavy atom. The van der Waals surface area contributed by atoms with Gasteiger partial charge >= 0.3 is 21.7 Å². The number of nitrogens with one attached hydrogen (secondary N) is 1. The second-order valence-electron chi connectivity index (χ2n) is 11.0. The van der Waals surface area contributed by atoms with Gasteiger partial charge in [-0.2, -0.15) is 25.9 Å². The van der Waals surface area contributed by atoms with Crippen molar-refractivity contribution in [1.29, 1.82) is 0 Å². The molecule has 0 heterocycles. The van der Waals surface area contributed by atoms with E-state index < -0.39 is 61.8 Å². The average molecular weight is 655 g/mol. The van der Waals surface area contributed by atoms with Crippen LogP contribution in [0, 0.1) is 5.92 Å². The topological polar surface area (TPSA) is 149 Å². The second kappa shape index (κ2) is 14.1. The van der Waals surface area contributed by atoms with Crippen LogP contribution in [0.5, 0.6) is 11.5 Å². The number of hydrogen-bond donors (Lipinski definition) is 2. The van der Waals surface area contributed by atoms with Gasteiger partial charge in [0.05, 0.1) is 24.2 Å². The summed E-state index contributed by atoms with van der Waals surface area (Å²) in [6.45, 7) is 8.05. The van der Waals surface area contributed by atoms with E-state index in [1.807, 2.05) is 0 Å². The largest absolute Gasteiger partial charge is 0.534 e. The van der Waals surface area contributed by atoms with Gasteiger partial charge < -0.3 is 24.1 Å². The molecule has 0 bridgehead atoms. The minimum Gasteiger partial charge on any atom is -0.497 e. The van der Waals surface area contributed by atoms with Gasteiger partial charge in [0.2, 0.25) is 10.0 Å². The van der Waals surface area contributed by atoms with Crippen LogP contribution in [0.1, 0.15) is 40.2 Å². The van der Waals surface area contributed by atoms with E-state index in [0.29, 0.717) is 11.3 Å². The molecule has 0 aliphatic carbocycles. The minimum atomic E-state index is -5.88. The summed E-state index contributed by atoms with van der Waals surface area (Å²) in [6, 6.07) is 9.02. The van der Waals surface area contributed by atoms with Crippen LogP contribution in [-0.2, 0) is 31.3 Å². The van der Waals surface area contributed by atoms with Gasteiger partial charge in [-0.25, -0.2) is 13.2 Å². The molecule has 2 aromatic rings. The van der Waals surface area contributed by atoms with Gasteiger partial charge in [0.1, 0.15) is 17.1 Å². The monoisotopic (exact) mass is 654 g/mol. The lowest BCUT2D eigenvalue weighted by molar-refractivity contribution is -0.0500. The Morgan fingerprint density at radius 2 is 1.47 bits per heavy atom. The predicted octanol–water partition coefficient (Wildman–Crippen LogP) is 4.07. The number of nitrogens with zero attached hydrogens (tertiary/aromatic N) is 1. The fourth-order valence-corrected chi connectivity index (χ4v) is 5.84. The van der Waals surface area contributed by atoms with Crippen LogP contribution in [-0.4, -0.2) is 75.8 Å². The molecule has 0 radical (unpaired) electrons. The van der Waals surface area contributed by atoms with Crippen molar-refractivity contribution in [2.75, 3.05) is 20.2 Å². The van der Waals surface area contributed by atoms with Crippen molar-refractivity contribution < 1.29 is 53.6 Å². The van der Waals surface area contributed by atoms with E-state index in [2.05, 4.69) is 9.50 Å². The Labute approximate surface area is 250 Å². The van der Waals surface area contributed by atoms with E-state index >= 15 is 0 Å². The number of carbonyl (C=O) groups excluding carboxylic acids is 1. The zero-order chi connectivity index (χ0) is 32.8. The zero-order valence-corrected chi connectivity index (χ0v) is 26.2. The molecule has 2 aromatic carbocycles. The van der Waals surface area contributed by atoms with Gasteiger partial charge in [-0.05, 0) is 75.1 Å². The molecule has 2 N–H and O–H groups in total. The predicted molar refractivity (Wildman–Crippen MR) is 152 cm³/mol. The first kappa shape index (κ1) is 36.1. The van der Waals surface area contributed by atoms with Crippen LogP contribution in [0.25, 0.3) is 0 Å². The Hall–Kier alpha value is -3.08. The average Bonchev–Trinajstić information content (AvgIpc) is 2.86. The molecule has 11 nitrogen and oxygen atoms in total. The van der Waals surface area contributed by atoms with E-state index in [1.165, 1.54) is 43.5 Å². The molecule has 0 aliphatic heterocycles. The lowest BCUT2D eigenvalue weighted by Gasteiger charge is -2.31. The van der Waals surface area contributed by atoms with Crippen LogP contribution in [0.2, 0.25) is 0 Å². The van der Waals surface area contributed by atoms with Crippen molar-refractivity contribution in [3.05, 3.63) is 54.1 Å². The number of hydrogen-bond acceptors (Lipinski definition) is 9. The molecule has 43 heavy (non-hydrogen) atoms. The number of alkyl carbamates (subject to hydrolysis) is 1. The number of methoxy groups -OCH3 is 1. The quantitative estimate of drug-likeness (QED) is 0.241. The highest BCUT2D eigenvalue weighted by Crippen LogP contribution is 2.27. The lowest BCUT2D eigenvalue weighted by Crippen LogP contribution is -2.51. The number of halogens is 3. The molecule has 16 heteroatoms. The third kappa shape index (κ3) is 10.9. The number of aliphatic hydroxyl groups excluding tert-OH is 1. The van der Waals surface area contributed by atoms with Crippen molar-refractivity contribution in [2.45, 2.75) is 69.2 Å². The van der Waals surface area contributed by atoms with Gasteiger partial charge in [0.25, 0.3) is 0 Å². The normalized spacial score (nSPS) is 14.3. The van der Waals surface area contributed by atoms with Gasteiger partial charge in [-0.1, -0.05) is 26.0 Å². The van der Waals surface area contributed by atoms with Gasteiger partial charge in [0.15, 0.2) is 0 Å². The Bertz CT molecular complexity index is 1420. The Balaban J connectivity index is 2.36. The third-order valence-corrected chi connectivity index (χ3v) is 8.52. The first-order valence-corrected chi connectivity index (χ1v) is 15.9. The molecule has 0 saturated heterocycles. The molecule has 0 unspecified atom stereocenters. The number of benzene rings is 2. The molecular weight excluding hydrogens is 617 g/mol. The van der Waals surface area contributed by atoms with Crippen molar-refractivity contribution in [3.63, 3.8) is 0 Å². The maximum absolute atomic E-state index is 13.5. The maximum Gasteiger partial charge on any atom is 0.534 e. The fraction of sp³-hybridized carbons (Fsp3) is 0.519. The zero-order valence-electron chi connectivity index (χ0n) is 24.6. The smallest absolute Gasteiger partial charge is 0.497 e. The number of amides is 1. The Kier molecular flexibility index (Phi) is 11.9. The van der Waals surface area contributed by atoms with E-state index in [9.17, 15) is 39.9 Å². The van der Waals surface area contributed by atoms with Crippen LogP contribution >= 0.6 is 0 Å². The van der Waals surface area contributed by atoms with Crippen molar-refractivity contribution in [2.24, 2.45) is 5.92 Å². The van der Waals surface area contributed by atoms with Gasteiger partial charge in [0, 0.05) is 13.1 Å². The van der Waals surface area contributed by atoms with Crippen molar-refractivity contribution in [1.82, 2.24) is 9.62 Å². The molecule has 2 rings (SSSR count). The highest BCUT2D eigenvalue weighted by Gasteiger charge is 2.48. The molecule has 0 aromatic heterocycles. The summed E-state index contributed by atoms with van der Waals surface area (Å²) in [7, 11) is -8.55. The summed E-state index contributed by atoms with van der Waals surface area (Å²) in [5.74, 6) is -0.298. The van der Waals surface area contributed by atoms with Crippen LogP contribution in [0.15, 0.2) is 53.4 Å². The van der Waals surface area contributed by atoms with E-state index in [-0.39, 0.29) is 23.8 Å². The first-order chi connectivity index (χ1) is 19.6. The third-order valence-electron chi connectivity index (χ3n) is 5.69. The standard InChI is InChI=1S/C27H37F3N2O9S2/c1-18(2)16-32(42(35,36)22-13-11-20(39-6)12-14-22)17-24(33)23(31-25(34)40-26(3,4)5)15-19-7-9-21(10-8-19)41-43(37,38)27(28,29)30/h7-14,18,23-24,33H,15-17H2,1-6H3,(H,31,34)/t23-,24+/m0/s1. The first-order valence-electron chi connectivity index (χ1n) is 13.1. The minimum absolute atomic E-state index is 0.0320. The molecule has 1 amide bonds. The summed E-state index contributed by atoms with van der Waals surface area (Å²) in [5, 5.41) is 13.8.